The minimum atomic E-state index is -1.18. The van der Waals surface area contributed by atoms with Gasteiger partial charge in [0.25, 0.3) is 0 Å². The van der Waals surface area contributed by atoms with Crippen molar-refractivity contribution in [2.24, 2.45) is 5.41 Å². The molecule has 0 aromatic heterocycles. The Kier molecular flexibility index (Phi) is 4.49. The molecular weight excluding hydrogens is 356 g/mol. The Bertz CT molecular complexity index is 938. The minimum Gasteiger partial charge on any atom is -0.454 e. The van der Waals surface area contributed by atoms with E-state index in [4.69, 9.17) is 9.47 Å². The third-order valence-electron chi connectivity index (χ3n) is 5.42. The van der Waals surface area contributed by atoms with Crippen LogP contribution in [-0.2, 0) is 22.6 Å². The second-order valence-electron chi connectivity index (χ2n) is 7.85. The first-order chi connectivity index (χ1) is 13.4. The van der Waals surface area contributed by atoms with E-state index in [9.17, 15) is 9.59 Å². The molecule has 2 heterocycles. The lowest BCUT2D eigenvalue weighted by Gasteiger charge is -2.31. The van der Waals surface area contributed by atoms with E-state index in [1.807, 2.05) is 49.4 Å². The minimum absolute atomic E-state index is 0.0332. The van der Waals surface area contributed by atoms with Crippen molar-refractivity contribution in [2.45, 2.75) is 39.8 Å². The lowest BCUT2D eigenvalue weighted by molar-refractivity contribution is -0.140. The summed E-state index contributed by atoms with van der Waals surface area (Å²) in [5.74, 6) is 0.886. The molecule has 4 rings (SSSR count). The average molecular weight is 380 g/mol. The van der Waals surface area contributed by atoms with Gasteiger partial charge < -0.3 is 19.7 Å². The van der Waals surface area contributed by atoms with Gasteiger partial charge in [0, 0.05) is 18.3 Å². The van der Waals surface area contributed by atoms with Crippen molar-refractivity contribution in [3.63, 3.8) is 0 Å². The molecule has 6 heteroatoms. The summed E-state index contributed by atoms with van der Waals surface area (Å²) in [4.78, 5) is 27.9. The molecule has 0 bridgehead atoms. The van der Waals surface area contributed by atoms with Crippen molar-refractivity contribution in [3.8, 4) is 11.5 Å². The molecule has 2 amide bonds. The van der Waals surface area contributed by atoms with Crippen LogP contribution in [0, 0.1) is 5.41 Å². The van der Waals surface area contributed by atoms with Crippen LogP contribution < -0.4 is 19.7 Å². The van der Waals surface area contributed by atoms with Gasteiger partial charge in [0.15, 0.2) is 11.5 Å². The molecule has 1 atom stereocenters. The van der Waals surface area contributed by atoms with Crippen molar-refractivity contribution in [3.05, 3.63) is 53.6 Å². The predicted octanol–water partition coefficient (Wildman–Crippen LogP) is 3.04. The Morgan fingerprint density at radius 3 is 2.71 bits per heavy atom. The monoisotopic (exact) mass is 380 g/mol. The fourth-order valence-electron chi connectivity index (χ4n) is 3.73. The number of anilines is 1. The molecular formula is C22H24N2O4. The van der Waals surface area contributed by atoms with Gasteiger partial charge in [-0.2, -0.15) is 0 Å². The van der Waals surface area contributed by atoms with Gasteiger partial charge in [-0.1, -0.05) is 24.3 Å². The molecule has 2 aromatic rings. The maximum atomic E-state index is 13.3. The van der Waals surface area contributed by atoms with Crippen molar-refractivity contribution in [1.82, 2.24) is 5.32 Å². The molecule has 1 N–H and O–H groups in total. The zero-order valence-corrected chi connectivity index (χ0v) is 16.3. The largest absolute Gasteiger partial charge is 0.454 e. The standard InChI is InChI=1S/C22H24N2O4/c1-14-10-16-6-4-5-7-17(16)24(14)21(26)22(2,3)20(25)23-12-15-8-9-18-19(11-15)28-13-27-18/h4-9,11,14H,10,12-13H2,1-3H3,(H,23,25). The summed E-state index contributed by atoms with van der Waals surface area (Å²) in [5, 5.41) is 2.89. The van der Waals surface area contributed by atoms with E-state index < -0.39 is 5.41 Å². The fraction of sp³-hybridized carbons (Fsp3) is 0.364. The topological polar surface area (TPSA) is 67.9 Å². The Morgan fingerprint density at radius 1 is 1.14 bits per heavy atom. The van der Waals surface area contributed by atoms with Crippen molar-refractivity contribution < 1.29 is 19.1 Å². The molecule has 1 unspecified atom stereocenters. The SMILES string of the molecule is CC1Cc2ccccc2N1C(=O)C(C)(C)C(=O)NCc1ccc2c(c1)OCO2. The lowest BCUT2D eigenvalue weighted by atomic mass is 9.89. The van der Waals surface area contributed by atoms with E-state index in [1.165, 1.54) is 0 Å². The average Bonchev–Trinajstić information content (AvgIpc) is 3.27. The van der Waals surface area contributed by atoms with Crippen molar-refractivity contribution in [2.75, 3.05) is 11.7 Å². The summed E-state index contributed by atoms with van der Waals surface area (Å²) in [6.45, 7) is 5.90. The molecule has 0 radical (unpaired) electrons. The smallest absolute Gasteiger partial charge is 0.242 e. The fourth-order valence-corrected chi connectivity index (χ4v) is 3.73. The molecule has 146 valence electrons. The van der Waals surface area contributed by atoms with Gasteiger partial charge in [-0.15, -0.1) is 0 Å². The van der Waals surface area contributed by atoms with Gasteiger partial charge in [-0.05, 0) is 56.5 Å². The Balaban J connectivity index is 1.46. The molecule has 0 saturated carbocycles. The first-order valence-corrected chi connectivity index (χ1v) is 9.46. The molecule has 2 aliphatic heterocycles. The van der Waals surface area contributed by atoms with Crippen LogP contribution in [0.4, 0.5) is 5.69 Å². The lowest BCUT2D eigenvalue weighted by Crippen LogP contribution is -2.51. The van der Waals surface area contributed by atoms with Gasteiger partial charge in [-0.25, -0.2) is 0 Å². The zero-order chi connectivity index (χ0) is 19.9. The van der Waals surface area contributed by atoms with Crippen LogP contribution in [-0.4, -0.2) is 24.6 Å². The molecule has 2 aliphatic rings. The van der Waals surface area contributed by atoms with Crippen LogP contribution in [0.1, 0.15) is 31.9 Å². The highest BCUT2D eigenvalue weighted by Gasteiger charge is 2.43. The summed E-state index contributed by atoms with van der Waals surface area (Å²) < 4.78 is 10.7. The van der Waals surface area contributed by atoms with Crippen molar-refractivity contribution >= 4 is 17.5 Å². The van der Waals surface area contributed by atoms with Gasteiger partial charge in [0.1, 0.15) is 5.41 Å². The van der Waals surface area contributed by atoms with Crippen molar-refractivity contribution in [1.29, 1.82) is 0 Å². The van der Waals surface area contributed by atoms with Crippen LogP contribution in [0.15, 0.2) is 42.5 Å². The second kappa shape index (κ2) is 6.86. The highest BCUT2D eigenvalue weighted by Crippen LogP contribution is 2.36. The van der Waals surface area contributed by atoms with Crippen LogP contribution in [0.5, 0.6) is 11.5 Å². The number of fused-ring (bicyclic) bond motifs is 2. The van der Waals surface area contributed by atoms with E-state index >= 15 is 0 Å². The van der Waals surface area contributed by atoms with Gasteiger partial charge in [0.05, 0.1) is 0 Å². The van der Waals surface area contributed by atoms with E-state index in [1.54, 1.807) is 18.7 Å². The number of benzene rings is 2. The third kappa shape index (κ3) is 3.09. The molecule has 6 nitrogen and oxygen atoms in total. The first-order valence-electron chi connectivity index (χ1n) is 9.46. The number of rotatable bonds is 4. The number of nitrogens with one attached hydrogen (secondary N) is 1. The third-order valence-corrected chi connectivity index (χ3v) is 5.42. The molecule has 0 fully saturated rings. The van der Waals surface area contributed by atoms with E-state index in [-0.39, 0.29) is 24.6 Å². The number of amides is 2. The highest BCUT2D eigenvalue weighted by atomic mass is 16.7. The van der Waals surface area contributed by atoms with Gasteiger partial charge in [-0.3, -0.25) is 9.59 Å². The summed E-state index contributed by atoms with van der Waals surface area (Å²) in [6.07, 6.45) is 0.802. The quantitative estimate of drug-likeness (QED) is 0.828. The Morgan fingerprint density at radius 2 is 1.89 bits per heavy atom. The molecule has 28 heavy (non-hydrogen) atoms. The van der Waals surface area contributed by atoms with Gasteiger partial charge in [0.2, 0.25) is 18.6 Å². The molecule has 0 aliphatic carbocycles. The summed E-state index contributed by atoms with van der Waals surface area (Å²) in [6, 6.07) is 13.4. The normalized spacial score (nSPS) is 17.4. The maximum Gasteiger partial charge on any atom is 0.242 e. The van der Waals surface area contributed by atoms with Crippen LogP contribution >= 0.6 is 0 Å². The van der Waals surface area contributed by atoms with E-state index in [0.29, 0.717) is 18.0 Å². The number of hydrogen-bond donors (Lipinski definition) is 1. The number of hydrogen-bond acceptors (Lipinski definition) is 4. The predicted molar refractivity (Wildman–Crippen MR) is 105 cm³/mol. The summed E-state index contributed by atoms with van der Waals surface area (Å²) in [5.41, 5.74) is 1.75. The second-order valence-corrected chi connectivity index (χ2v) is 7.85. The first kappa shape index (κ1) is 18.3. The van der Waals surface area contributed by atoms with E-state index in [0.717, 1.165) is 23.2 Å². The highest BCUT2D eigenvalue weighted by molar-refractivity contribution is 6.12. The Hall–Kier alpha value is -3.02. The molecule has 2 aromatic carbocycles. The summed E-state index contributed by atoms with van der Waals surface area (Å²) >= 11 is 0. The zero-order valence-electron chi connectivity index (χ0n) is 16.3. The van der Waals surface area contributed by atoms with Crippen LogP contribution in [0.3, 0.4) is 0 Å². The number of nitrogens with zero attached hydrogens (tertiary/aromatic N) is 1. The van der Waals surface area contributed by atoms with Crippen LogP contribution in [0.25, 0.3) is 0 Å². The molecule has 0 saturated heterocycles. The number of carbonyl (C=O) groups is 2. The van der Waals surface area contributed by atoms with Crippen LogP contribution in [0.2, 0.25) is 0 Å². The number of ether oxygens (including phenoxy) is 2. The Labute approximate surface area is 164 Å². The van der Waals surface area contributed by atoms with Gasteiger partial charge >= 0.3 is 0 Å². The van der Waals surface area contributed by atoms with E-state index in [2.05, 4.69) is 5.32 Å². The number of para-hydroxylation sites is 1. The summed E-state index contributed by atoms with van der Waals surface area (Å²) in [7, 11) is 0. The number of carbonyl (C=O) groups excluding carboxylic acids is 2. The molecule has 0 spiro atoms. The maximum absolute atomic E-state index is 13.3.